The van der Waals surface area contributed by atoms with E-state index in [-0.39, 0.29) is 47.7 Å². The first kappa shape index (κ1) is 32.1. The number of halogens is 2. The molecular formula is C31H35ClFN3O6S. The van der Waals surface area contributed by atoms with Crippen molar-refractivity contribution in [2.75, 3.05) is 30.6 Å². The minimum Gasteiger partial charge on any atom is -0.486 e. The first-order valence-corrected chi connectivity index (χ1v) is 15.8. The fourth-order valence-electron chi connectivity index (χ4n) is 4.58. The van der Waals surface area contributed by atoms with E-state index in [1.807, 2.05) is 13.8 Å². The van der Waals surface area contributed by atoms with Crippen LogP contribution in [0.25, 0.3) is 0 Å². The molecule has 0 fully saturated rings. The van der Waals surface area contributed by atoms with Gasteiger partial charge in [0.15, 0.2) is 11.5 Å². The number of sulfonamides is 1. The van der Waals surface area contributed by atoms with Crippen molar-refractivity contribution < 1.29 is 31.9 Å². The lowest BCUT2D eigenvalue weighted by Gasteiger charge is -2.33. The monoisotopic (exact) mass is 631 g/mol. The molecule has 0 unspecified atom stereocenters. The van der Waals surface area contributed by atoms with E-state index in [2.05, 4.69) is 5.32 Å². The molecule has 0 saturated heterocycles. The summed E-state index contributed by atoms with van der Waals surface area (Å²) in [7, 11) is -4.37. The van der Waals surface area contributed by atoms with Crippen LogP contribution in [0.4, 0.5) is 10.1 Å². The third-order valence-electron chi connectivity index (χ3n) is 6.83. The third kappa shape index (κ3) is 7.97. The summed E-state index contributed by atoms with van der Waals surface area (Å²) in [5.74, 6) is -0.679. The van der Waals surface area contributed by atoms with Crippen LogP contribution in [0.3, 0.4) is 0 Å². The van der Waals surface area contributed by atoms with E-state index in [0.717, 1.165) is 16.4 Å². The first-order valence-electron chi connectivity index (χ1n) is 14.0. The molecule has 12 heteroatoms. The number of hydrogen-bond donors (Lipinski definition) is 1. The van der Waals surface area contributed by atoms with Gasteiger partial charge in [0.05, 0.1) is 10.6 Å². The fourth-order valence-corrected chi connectivity index (χ4v) is 6.13. The van der Waals surface area contributed by atoms with Crippen LogP contribution in [0.15, 0.2) is 71.6 Å². The Kier molecular flexibility index (Phi) is 10.5. The Morgan fingerprint density at radius 3 is 2.26 bits per heavy atom. The highest BCUT2D eigenvalue weighted by Crippen LogP contribution is 2.34. The quantitative estimate of drug-likeness (QED) is 0.301. The molecular weight excluding hydrogens is 597 g/mol. The first-order chi connectivity index (χ1) is 20.5. The zero-order valence-corrected chi connectivity index (χ0v) is 25.8. The number of nitrogens with one attached hydrogen (secondary N) is 1. The van der Waals surface area contributed by atoms with E-state index >= 15 is 0 Å². The van der Waals surface area contributed by atoms with Crippen LogP contribution < -0.4 is 19.1 Å². The molecule has 1 N–H and O–H groups in total. The van der Waals surface area contributed by atoms with Gasteiger partial charge in [-0.1, -0.05) is 44.5 Å². The maximum absolute atomic E-state index is 14.1. The summed E-state index contributed by atoms with van der Waals surface area (Å²) in [4.78, 5) is 28.6. The van der Waals surface area contributed by atoms with Crippen molar-refractivity contribution in [3.8, 4) is 11.5 Å². The molecule has 230 valence electrons. The second-order valence-corrected chi connectivity index (χ2v) is 12.8. The standard InChI is InChI=1S/C31H35ClFN3O6S/c1-4-27(31(38)34-18-21(2)3)35(19-22-5-7-23(32)8-6-22)30(37)20-36(25-11-9-24(33)10-12-25)43(39,40)26-13-14-28-29(17-26)42-16-15-41-28/h5-14,17,21,27H,4,15-16,18-20H2,1-3H3,(H,34,38)/t27-/m0/s1. The van der Waals surface area contributed by atoms with Gasteiger partial charge in [-0.15, -0.1) is 0 Å². The molecule has 43 heavy (non-hydrogen) atoms. The molecule has 0 aromatic heterocycles. The smallest absolute Gasteiger partial charge is 0.264 e. The normalized spacial score (nSPS) is 13.3. The number of hydrogen-bond acceptors (Lipinski definition) is 6. The van der Waals surface area contributed by atoms with Gasteiger partial charge in [-0.05, 0) is 66.4 Å². The van der Waals surface area contributed by atoms with Gasteiger partial charge in [0, 0.05) is 24.2 Å². The van der Waals surface area contributed by atoms with Crippen molar-refractivity contribution in [3.63, 3.8) is 0 Å². The van der Waals surface area contributed by atoms with Crippen molar-refractivity contribution in [1.82, 2.24) is 10.2 Å². The van der Waals surface area contributed by atoms with Crippen molar-refractivity contribution in [3.05, 3.63) is 83.1 Å². The summed E-state index contributed by atoms with van der Waals surface area (Å²) in [5.41, 5.74) is 0.782. The van der Waals surface area contributed by atoms with Crippen molar-refractivity contribution in [2.24, 2.45) is 5.92 Å². The van der Waals surface area contributed by atoms with Crippen LogP contribution >= 0.6 is 11.6 Å². The number of anilines is 1. The van der Waals surface area contributed by atoms with E-state index < -0.39 is 34.3 Å². The average molecular weight is 632 g/mol. The second-order valence-electron chi connectivity index (χ2n) is 10.5. The van der Waals surface area contributed by atoms with Crippen LogP contribution in [-0.4, -0.2) is 57.5 Å². The molecule has 0 radical (unpaired) electrons. The highest BCUT2D eigenvalue weighted by molar-refractivity contribution is 7.92. The maximum Gasteiger partial charge on any atom is 0.264 e. The van der Waals surface area contributed by atoms with E-state index in [0.29, 0.717) is 29.5 Å². The lowest BCUT2D eigenvalue weighted by molar-refractivity contribution is -0.140. The highest BCUT2D eigenvalue weighted by atomic mass is 35.5. The zero-order chi connectivity index (χ0) is 31.1. The van der Waals surface area contributed by atoms with E-state index in [1.54, 1.807) is 31.2 Å². The fraction of sp³-hybridized carbons (Fsp3) is 0.355. The second kappa shape index (κ2) is 14.1. The largest absolute Gasteiger partial charge is 0.486 e. The number of rotatable bonds is 12. The van der Waals surface area contributed by atoms with Gasteiger partial charge in [0.2, 0.25) is 11.8 Å². The van der Waals surface area contributed by atoms with E-state index in [4.69, 9.17) is 21.1 Å². The molecule has 0 spiro atoms. The van der Waals surface area contributed by atoms with Crippen LogP contribution in [-0.2, 0) is 26.2 Å². The zero-order valence-electron chi connectivity index (χ0n) is 24.3. The maximum atomic E-state index is 14.1. The number of carbonyl (C=O) groups is 2. The van der Waals surface area contributed by atoms with Crippen LogP contribution in [0, 0.1) is 11.7 Å². The molecule has 1 atom stereocenters. The highest BCUT2D eigenvalue weighted by Gasteiger charge is 2.34. The van der Waals surface area contributed by atoms with Gasteiger partial charge in [-0.25, -0.2) is 12.8 Å². The Morgan fingerprint density at radius 1 is 0.977 bits per heavy atom. The number of ether oxygens (including phenoxy) is 2. The Labute approximate surface area is 256 Å². The summed E-state index contributed by atoms with van der Waals surface area (Å²) >= 11 is 6.06. The van der Waals surface area contributed by atoms with Gasteiger partial charge >= 0.3 is 0 Å². The minimum atomic E-state index is -4.37. The van der Waals surface area contributed by atoms with E-state index in [9.17, 15) is 22.4 Å². The summed E-state index contributed by atoms with van der Waals surface area (Å²) in [6, 6.07) is 15.0. The Morgan fingerprint density at radius 2 is 1.63 bits per heavy atom. The van der Waals surface area contributed by atoms with Crippen molar-refractivity contribution in [2.45, 2.75) is 44.7 Å². The van der Waals surface area contributed by atoms with Crippen LogP contribution in [0.1, 0.15) is 32.8 Å². The molecule has 1 aliphatic rings. The van der Waals surface area contributed by atoms with Crippen molar-refractivity contribution in [1.29, 1.82) is 0 Å². The molecule has 4 rings (SSSR count). The van der Waals surface area contributed by atoms with Gasteiger partial charge in [0.25, 0.3) is 10.0 Å². The molecule has 3 aromatic rings. The van der Waals surface area contributed by atoms with Gasteiger partial charge in [-0.2, -0.15) is 0 Å². The van der Waals surface area contributed by atoms with Crippen LogP contribution in [0.2, 0.25) is 5.02 Å². The minimum absolute atomic E-state index is 0.0327. The average Bonchev–Trinajstić information content (AvgIpc) is 2.99. The summed E-state index contributed by atoms with van der Waals surface area (Å²) in [6.07, 6.45) is 0.286. The van der Waals surface area contributed by atoms with Crippen LogP contribution in [0.5, 0.6) is 11.5 Å². The van der Waals surface area contributed by atoms with Crippen molar-refractivity contribution >= 4 is 39.1 Å². The molecule has 0 bridgehead atoms. The van der Waals surface area contributed by atoms with Gasteiger partial charge in [0.1, 0.15) is 31.6 Å². The molecule has 2 amide bonds. The molecule has 0 aliphatic carbocycles. The summed E-state index contributed by atoms with van der Waals surface area (Å²) < 4.78 is 54.0. The third-order valence-corrected chi connectivity index (χ3v) is 8.85. The topological polar surface area (TPSA) is 105 Å². The molecule has 1 heterocycles. The molecule has 3 aromatic carbocycles. The van der Waals surface area contributed by atoms with Gasteiger partial charge < -0.3 is 19.7 Å². The lowest BCUT2D eigenvalue weighted by Crippen LogP contribution is -2.52. The van der Waals surface area contributed by atoms with E-state index in [1.165, 1.54) is 35.2 Å². The SMILES string of the molecule is CC[C@@H](C(=O)NCC(C)C)N(Cc1ccc(Cl)cc1)C(=O)CN(c1ccc(F)cc1)S(=O)(=O)c1ccc2c(c1)OCCO2. The molecule has 0 saturated carbocycles. The molecule has 9 nitrogen and oxygen atoms in total. The van der Waals surface area contributed by atoms with Gasteiger partial charge in [-0.3, -0.25) is 13.9 Å². The lowest BCUT2D eigenvalue weighted by atomic mass is 10.1. The molecule has 1 aliphatic heterocycles. The Balaban J connectivity index is 1.73. The Bertz CT molecular complexity index is 1530. The summed E-state index contributed by atoms with van der Waals surface area (Å²) in [6.45, 7) is 6.09. The Hall–Kier alpha value is -3.83. The summed E-state index contributed by atoms with van der Waals surface area (Å²) in [5, 5.41) is 3.40. The predicted molar refractivity (Wildman–Crippen MR) is 162 cm³/mol. The number of carbonyl (C=O) groups excluding carboxylic acids is 2. The predicted octanol–water partition coefficient (Wildman–Crippen LogP) is 5.03. The number of benzene rings is 3. The number of fused-ring (bicyclic) bond motifs is 1. The number of amides is 2. The number of nitrogens with zero attached hydrogens (tertiary/aromatic N) is 2.